The highest BCUT2D eigenvalue weighted by Crippen LogP contribution is 2.29. The number of carbonyl (C=O) groups excluding carboxylic acids is 1. The molecule has 1 atom stereocenters. The number of imidazole rings is 1. The average molecular weight is 318 g/mol. The van der Waals surface area contributed by atoms with E-state index < -0.39 is 0 Å². The molecule has 0 radical (unpaired) electrons. The Morgan fingerprint density at radius 1 is 1.45 bits per heavy atom. The van der Waals surface area contributed by atoms with Crippen LogP contribution in [0.15, 0.2) is 18.6 Å². The highest BCUT2D eigenvalue weighted by atomic mass is 32.1. The monoisotopic (exact) mass is 318 g/mol. The van der Waals surface area contributed by atoms with Crippen LogP contribution in [0.1, 0.15) is 41.4 Å². The van der Waals surface area contributed by atoms with Gasteiger partial charge in [-0.15, -0.1) is 11.3 Å². The maximum absolute atomic E-state index is 12.6. The summed E-state index contributed by atoms with van der Waals surface area (Å²) in [6.45, 7) is 6.19. The number of aromatic nitrogens is 3. The van der Waals surface area contributed by atoms with Crippen molar-refractivity contribution in [2.45, 2.75) is 45.6 Å². The van der Waals surface area contributed by atoms with E-state index in [1.165, 1.54) is 9.88 Å². The van der Waals surface area contributed by atoms with Gasteiger partial charge < -0.3 is 9.47 Å². The smallest absolute Gasteiger partial charge is 0.242 e. The van der Waals surface area contributed by atoms with Crippen molar-refractivity contribution in [2.24, 2.45) is 0 Å². The fraction of sp³-hybridized carbons (Fsp3) is 0.562. The van der Waals surface area contributed by atoms with Crippen LogP contribution in [-0.4, -0.2) is 38.4 Å². The Kier molecular flexibility index (Phi) is 4.57. The standard InChI is InChI=1S/C16H22N4OS/c1-3-14-17-6-8-19(14)11-15(21)20-7-4-5-13(10-20)16-18-9-12(2)22-16/h6,8-9,13H,3-5,7,10-11H2,1-2H3/t13-/m1/s1. The first-order valence-corrected chi connectivity index (χ1v) is 8.69. The van der Waals surface area contributed by atoms with Gasteiger partial charge in [0.25, 0.3) is 0 Å². The molecule has 0 aromatic carbocycles. The SMILES string of the molecule is CCc1nccn1CC(=O)N1CCC[C@@H](c2ncc(C)s2)C1. The van der Waals surface area contributed by atoms with E-state index >= 15 is 0 Å². The molecule has 22 heavy (non-hydrogen) atoms. The van der Waals surface area contributed by atoms with Gasteiger partial charge in [0.05, 0.1) is 5.01 Å². The summed E-state index contributed by atoms with van der Waals surface area (Å²) in [5.41, 5.74) is 0. The molecule has 0 N–H and O–H groups in total. The first-order chi connectivity index (χ1) is 10.7. The van der Waals surface area contributed by atoms with Crippen molar-refractivity contribution in [2.75, 3.05) is 13.1 Å². The molecule has 0 saturated carbocycles. The van der Waals surface area contributed by atoms with Gasteiger partial charge in [-0.3, -0.25) is 4.79 Å². The number of rotatable bonds is 4. The minimum atomic E-state index is 0.186. The average Bonchev–Trinajstić information content (AvgIpc) is 3.16. The van der Waals surface area contributed by atoms with E-state index in [-0.39, 0.29) is 5.91 Å². The molecule has 2 aromatic heterocycles. The van der Waals surface area contributed by atoms with E-state index in [1.807, 2.05) is 21.9 Å². The van der Waals surface area contributed by atoms with Gasteiger partial charge in [-0.05, 0) is 19.8 Å². The molecule has 1 aliphatic rings. The van der Waals surface area contributed by atoms with Crippen LogP contribution >= 0.6 is 11.3 Å². The van der Waals surface area contributed by atoms with Crippen molar-refractivity contribution < 1.29 is 4.79 Å². The number of nitrogens with zero attached hydrogens (tertiary/aromatic N) is 4. The second-order valence-corrected chi connectivity index (χ2v) is 7.08. The number of likely N-dealkylation sites (tertiary alicyclic amines) is 1. The highest BCUT2D eigenvalue weighted by molar-refractivity contribution is 7.11. The molecule has 6 heteroatoms. The van der Waals surface area contributed by atoms with Gasteiger partial charge in [0, 0.05) is 48.9 Å². The summed E-state index contributed by atoms with van der Waals surface area (Å²) in [4.78, 5) is 24.6. The summed E-state index contributed by atoms with van der Waals surface area (Å²) in [7, 11) is 0. The van der Waals surface area contributed by atoms with Crippen LogP contribution in [0.5, 0.6) is 0 Å². The molecule has 1 saturated heterocycles. The lowest BCUT2D eigenvalue weighted by Crippen LogP contribution is -2.40. The zero-order valence-corrected chi connectivity index (χ0v) is 14.0. The summed E-state index contributed by atoms with van der Waals surface area (Å²) in [6, 6.07) is 0. The molecule has 1 aliphatic heterocycles. The van der Waals surface area contributed by atoms with Crippen LogP contribution in [0.2, 0.25) is 0 Å². The van der Waals surface area contributed by atoms with Crippen LogP contribution < -0.4 is 0 Å². The topological polar surface area (TPSA) is 51.0 Å². The van der Waals surface area contributed by atoms with Crippen LogP contribution in [0.4, 0.5) is 0 Å². The Morgan fingerprint density at radius 3 is 3.05 bits per heavy atom. The van der Waals surface area contributed by atoms with E-state index in [0.717, 1.165) is 38.2 Å². The molecule has 0 spiro atoms. The first kappa shape index (κ1) is 15.2. The summed E-state index contributed by atoms with van der Waals surface area (Å²) >= 11 is 1.76. The Morgan fingerprint density at radius 2 is 2.32 bits per heavy atom. The molecule has 5 nitrogen and oxygen atoms in total. The van der Waals surface area contributed by atoms with Crippen molar-refractivity contribution in [3.8, 4) is 0 Å². The lowest BCUT2D eigenvalue weighted by molar-refractivity contribution is -0.133. The number of hydrogen-bond donors (Lipinski definition) is 0. The molecule has 1 amide bonds. The van der Waals surface area contributed by atoms with Gasteiger partial charge in [0.1, 0.15) is 12.4 Å². The minimum Gasteiger partial charge on any atom is -0.340 e. The van der Waals surface area contributed by atoms with Gasteiger partial charge in [0.2, 0.25) is 5.91 Å². The quantitative estimate of drug-likeness (QED) is 0.871. The van der Waals surface area contributed by atoms with Crippen molar-refractivity contribution in [3.05, 3.63) is 34.3 Å². The zero-order chi connectivity index (χ0) is 15.5. The van der Waals surface area contributed by atoms with Crippen molar-refractivity contribution in [1.82, 2.24) is 19.4 Å². The second kappa shape index (κ2) is 6.60. The van der Waals surface area contributed by atoms with Crippen LogP contribution in [0, 0.1) is 6.92 Å². The fourth-order valence-corrected chi connectivity index (χ4v) is 3.91. The zero-order valence-electron chi connectivity index (χ0n) is 13.2. The second-order valence-electron chi connectivity index (χ2n) is 5.81. The van der Waals surface area contributed by atoms with Crippen molar-refractivity contribution >= 4 is 17.2 Å². The predicted octanol–water partition coefficient (Wildman–Crippen LogP) is 2.62. The minimum absolute atomic E-state index is 0.186. The lowest BCUT2D eigenvalue weighted by Gasteiger charge is -2.32. The largest absolute Gasteiger partial charge is 0.340 e. The molecular weight excluding hydrogens is 296 g/mol. The van der Waals surface area contributed by atoms with Gasteiger partial charge in [0.15, 0.2) is 0 Å². The van der Waals surface area contributed by atoms with E-state index in [4.69, 9.17) is 0 Å². The first-order valence-electron chi connectivity index (χ1n) is 7.87. The Bertz CT molecular complexity index is 648. The summed E-state index contributed by atoms with van der Waals surface area (Å²) in [5, 5.41) is 1.17. The predicted molar refractivity (Wildman–Crippen MR) is 87.0 cm³/mol. The maximum Gasteiger partial charge on any atom is 0.242 e. The van der Waals surface area contributed by atoms with E-state index in [0.29, 0.717) is 12.5 Å². The van der Waals surface area contributed by atoms with Crippen LogP contribution in [0.25, 0.3) is 0 Å². The maximum atomic E-state index is 12.6. The molecule has 3 rings (SSSR count). The molecule has 1 fully saturated rings. The molecule has 118 valence electrons. The molecule has 0 unspecified atom stereocenters. The Hall–Kier alpha value is -1.69. The normalized spacial score (nSPS) is 18.6. The van der Waals surface area contributed by atoms with Gasteiger partial charge in [-0.1, -0.05) is 6.92 Å². The van der Waals surface area contributed by atoms with Crippen LogP contribution in [-0.2, 0) is 17.8 Å². The number of amides is 1. The lowest BCUT2D eigenvalue weighted by atomic mass is 9.98. The number of thiazole rings is 1. The van der Waals surface area contributed by atoms with Gasteiger partial charge in [-0.25, -0.2) is 9.97 Å². The third-order valence-electron chi connectivity index (χ3n) is 4.19. The van der Waals surface area contributed by atoms with Crippen molar-refractivity contribution in [3.63, 3.8) is 0 Å². The molecule has 2 aromatic rings. The third kappa shape index (κ3) is 3.21. The van der Waals surface area contributed by atoms with Crippen LogP contribution in [0.3, 0.4) is 0 Å². The fourth-order valence-electron chi connectivity index (χ4n) is 3.01. The molecule has 0 aliphatic carbocycles. The number of hydrogen-bond acceptors (Lipinski definition) is 4. The number of aryl methyl sites for hydroxylation is 2. The summed E-state index contributed by atoms with van der Waals surface area (Å²) in [6.07, 6.45) is 8.62. The molecular formula is C16H22N4OS. The van der Waals surface area contributed by atoms with E-state index in [1.54, 1.807) is 17.5 Å². The van der Waals surface area contributed by atoms with Crippen molar-refractivity contribution in [1.29, 1.82) is 0 Å². The molecule has 0 bridgehead atoms. The number of carbonyl (C=O) groups is 1. The van der Waals surface area contributed by atoms with E-state index in [2.05, 4.69) is 23.8 Å². The Balaban J connectivity index is 1.65. The third-order valence-corrected chi connectivity index (χ3v) is 5.26. The van der Waals surface area contributed by atoms with Gasteiger partial charge in [-0.2, -0.15) is 0 Å². The van der Waals surface area contributed by atoms with E-state index in [9.17, 15) is 4.79 Å². The molecule has 3 heterocycles. The summed E-state index contributed by atoms with van der Waals surface area (Å²) in [5.74, 6) is 1.55. The summed E-state index contributed by atoms with van der Waals surface area (Å²) < 4.78 is 1.96. The van der Waals surface area contributed by atoms with Gasteiger partial charge >= 0.3 is 0 Å². The highest BCUT2D eigenvalue weighted by Gasteiger charge is 2.26. The number of piperidine rings is 1. The Labute approximate surface area is 135 Å².